The first-order valence-electron chi connectivity index (χ1n) is 12.0. The van der Waals surface area contributed by atoms with E-state index in [4.69, 9.17) is 4.98 Å². The summed E-state index contributed by atoms with van der Waals surface area (Å²) < 4.78 is 0. The summed E-state index contributed by atoms with van der Waals surface area (Å²) in [5.74, 6) is 1.08. The van der Waals surface area contributed by atoms with Gasteiger partial charge in [-0.1, -0.05) is 12.6 Å². The molecule has 5 rings (SSSR count). The number of amides is 3. The van der Waals surface area contributed by atoms with Gasteiger partial charge in [-0.3, -0.25) is 4.79 Å². The lowest BCUT2D eigenvalue weighted by Crippen LogP contribution is -2.44. The maximum Gasteiger partial charge on any atom is 0.321 e. The number of aromatic nitrogens is 3. The molecule has 0 aliphatic carbocycles. The molecule has 0 unspecified atom stereocenters. The third kappa shape index (κ3) is 5.21. The molecule has 10 nitrogen and oxygen atoms in total. The van der Waals surface area contributed by atoms with E-state index in [0.717, 1.165) is 56.4 Å². The van der Waals surface area contributed by atoms with Crippen molar-refractivity contribution in [3.8, 4) is 0 Å². The fourth-order valence-corrected chi connectivity index (χ4v) is 4.65. The highest BCUT2D eigenvalue weighted by molar-refractivity contribution is 5.91. The molecule has 182 valence electrons. The number of hydrogen-bond donors (Lipinski definition) is 4. The fraction of sp³-hybridized carbons (Fsp3) is 0.360. The van der Waals surface area contributed by atoms with Crippen molar-refractivity contribution in [2.24, 2.45) is 0 Å². The minimum Gasteiger partial charge on any atom is -0.365 e. The molecule has 0 radical (unpaired) electrons. The number of nitrogens with zero attached hydrogens (tertiary/aromatic N) is 4. The molecule has 3 amide bonds. The molecule has 1 aromatic carbocycles. The van der Waals surface area contributed by atoms with Crippen molar-refractivity contribution in [3.63, 3.8) is 0 Å². The van der Waals surface area contributed by atoms with Gasteiger partial charge in [-0.05, 0) is 56.0 Å². The van der Waals surface area contributed by atoms with Crippen LogP contribution in [0.15, 0.2) is 49.2 Å². The van der Waals surface area contributed by atoms with Crippen molar-refractivity contribution in [3.05, 3.63) is 49.2 Å². The molecule has 3 aromatic rings. The SMILES string of the molecule is C=CC(=O)N1CCC[C@@H](Nc2nc(Nc3cccc(NC(=O)N4CCCC4)c3)nc3[nH]ccc23)C1. The summed E-state index contributed by atoms with van der Waals surface area (Å²) in [6.45, 7) is 6.53. The van der Waals surface area contributed by atoms with Gasteiger partial charge in [0.1, 0.15) is 11.5 Å². The number of nitrogens with one attached hydrogen (secondary N) is 4. The van der Waals surface area contributed by atoms with E-state index in [2.05, 4.69) is 32.5 Å². The zero-order valence-corrected chi connectivity index (χ0v) is 19.6. The van der Waals surface area contributed by atoms with Gasteiger partial charge in [0.25, 0.3) is 0 Å². The Bertz CT molecular complexity index is 1230. The zero-order chi connectivity index (χ0) is 24.2. The van der Waals surface area contributed by atoms with E-state index in [1.54, 1.807) is 0 Å². The predicted octanol–water partition coefficient (Wildman–Crippen LogP) is 3.92. The number of fused-ring (bicyclic) bond motifs is 1. The zero-order valence-electron chi connectivity index (χ0n) is 19.6. The number of urea groups is 1. The fourth-order valence-electron chi connectivity index (χ4n) is 4.65. The van der Waals surface area contributed by atoms with E-state index < -0.39 is 0 Å². The van der Waals surface area contributed by atoms with Gasteiger partial charge in [0.2, 0.25) is 11.9 Å². The summed E-state index contributed by atoms with van der Waals surface area (Å²) in [7, 11) is 0. The lowest BCUT2D eigenvalue weighted by Gasteiger charge is -2.33. The molecule has 0 saturated carbocycles. The topological polar surface area (TPSA) is 118 Å². The van der Waals surface area contributed by atoms with Crippen LogP contribution in [0, 0.1) is 0 Å². The van der Waals surface area contributed by atoms with Crippen LogP contribution in [-0.2, 0) is 4.79 Å². The van der Waals surface area contributed by atoms with Gasteiger partial charge in [0.15, 0.2) is 0 Å². The Morgan fingerprint density at radius 3 is 2.69 bits per heavy atom. The first-order chi connectivity index (χ1) is 17.1. The molecule has 2 aliphatic heterocycles. The van der Waals surface area contributed by atoms with Crippen LogP contribution in [0.2, 0.25) is 0 Å². The number of likely N-dealkylation sites (tertiary alicyclic amines) is 2. The monoisotopic (exact) mass is 474 g/mol. The van der Waals surface area contributed by atoms with E-state index >= 15 is 0 Å². The van der Waals surface area contributed by atoms with E-state index in [0.29, 0.717) is 29.6 Å². The molecule has 2 fully saturated rings. The smallest absolute Gasteiger partial charge is 0.321 e. The molecule has 2 aliphatic rings. The Hall–Kier alpha value is -4.08. The van der Waals surface area contributed by atoms with Crippen molar-refractivity contribution in [2.75, 3.05) is 42.1 Å². The average Bonchev–Trinajstić information content (AvgIpc) is 3.57. The minimum absolute atomic E-state index is 0.0509. The molecule has 0 spiro atoms. The third-order valence-electron chi connectivity index (χ3n) is 6.43. The summed E-state index contributed by atoms with van der Waals surface area (Å²) in [6, 6.07) is 9.45. The number of H-pyrrole nitrogens is 1. The van der Waals surface area contributed by atoms with Gasteiger partial charge < -0.3 is 30.7 Å². The summed E-state index contributed by atoms with van der Waals surface area (Å²) >= 11 is 0. The van der Waals surface area contributed by atoms with Crippen LogP contribution in [-0.4, -0.2) is 68.9 Å². The molecule has 2 saturated heterocycles. The maximum absolute atomic E-state index is 12.4. The van der Waals surface area contributed by atoms with Crippen LogP contribution in [0.1, 0.15) is 25.7 Å². The molecule has 10 heteroatoms. The molecule has 4 N–H and O–H groups in total. The van der Waals surface area contributed by atoms with Crippen LogP contribution in [0.25, 0.3) is 11.0 Å². The van der Waals surface area contributed by atoms with Crippen molar-refractivity contribution in [1.29, 1.82) is 0 Å². The summed E-state index contributed by atoms with van der Waals surface area (Å²) in [6.07, 6.45) is 7.15. The molecule has 0 bridgehead atoms. The number of piperidine rings is 1. The molecular weight excluding hydrogens is 444 g/mol. The van der Waals surface area contributed by atoms with Crippen LogP contribution < -0.4 is 16.0 Å². The number of anilines is 4. The number of hydrogen-bond acceptors (Lipinski definition) is 6. The van der Waals surface area contributed by atoms with Gasteiger partial charge in [-0.2, -0.15) is 9.97 Å². The number of benzene rings is 1. The lowest BCUT2D eigenvalue weighted by atomic mass is 10.1. The van der Waals surface area contributed by atoms with E-state index in [9.17, 15) is 9.59 Å². The summed E-state index contributed by atoms with van der Waals surface area (Å²) in [4.78, 5) is 40.7. The average molecular weight is 475 g/mol. The Morgan fingerprint density at radius 1 is 1.06 bits per heavy atom. The number of aromatic amines is 1. The Morgan fingerprint density at radius 2 is 1.86 bits per heavy atom. The highest BCUT2D eigenvalue weighted by Gasteiger charge is 2.23. The number of rotatable bonds is 6. The van der Waals surface area contributed by atoms with Crippen molar-refractivity contribution in [1.82, 2.24) is 24.8 Å². The van der Waals surface area contributed by atoms with E-state index in [-0.39, 0.29) is 18.0 Å². The van der Waals surface area contributed by atoms with E-state index in [1.807, 2.05) is 46.3 Å². The lowest BCUT2D eigenvalue weighted by molar-refractivity contribution is -0.127. The highest BCUT2D eigenvalue weighted by atomic mass is 16.2. The first kappa shape index (κ1) is 22.7. The van der Waals surface area contributed by atoms with Crippen LogP contribution in [0.5, 0.6) is 0 Å². The predicted molar refractivity (Wildman–Crippen MR) is 137 cm³/mol. The van der Waals surface area contributed by atoms with Crippen LogP contribution in [0.4, 0.5) is 27.9 Å². The normalized spacial score (nSPS) is 17.9. The molecular formula is C25H30N8O2. The number of carbonyl (C=O) groups is 2. The van der Waals surface area contributed by atoms with Crippen molar-refractivity contribution >= 4 is 46.1 Å². The van der Waals surface area contributed by atoms with Gasteiger partial charge in [0, 0.05) is 49.8 Å². The van der Waals surface area contributed by atoms with Gasteiger partial charge >= 0.3 is 6.03 Å². The number of carbonyl (C=O) groups excluding carboxylic acids is 2. The summed E-state index contributed by atoms with van der Waals surface area (Å²) in [5, 5.41) is 10.6. The van der Waals surface area contributed by atoms with Crippen LogP contribution in [0.3, 0.4) is 0 Å². The molecule has 2 aromatic heterocycles. The van der Waals surface area contributed by atoms with Crippen LogP contribution >= 0.6 is 0 Å². The Balaban J connectivity index is 1.32. The largest absolute Gasteiger partial charge is 0.365 e. The standard InChI is InChI=1S/C25H30N8O2/c1-2-21(34)33-14-6-9-19(16-33)27-23-20-10-11-26-22(20)30-24(31-23)28-17-7-5-8-18(15-17)29-25(35)32-12-3-4-13-32/h2,5,7-8,10-11,15,19H,1,3-4,6,9,12-14,16H2,(H,29,35)(H3,26,27,28,30,31)/t19-/m1/s1. The first-order valence-corrected chi connectivity index (χ1v) is 12.0. The summed E-state index contributed by atoms with van der Waals surface area (Å²) in [5.41, 5.74) is 2.18. The van der Waals surface area contributed by atoms with E-state index in [1.165, 1.54) is 6.08 Å². The van der Waals surface area contributed by atoms with Crippen molar-refractivity contribution in [2.45, 2.75) is 31.7 Å². The van der Waals surface area contributed by atoms with Gasteiger partial charge in [-0.15, -0.1) is 0 Å². The van der Waals surface area contributed by atoms with Gasteiger partial charge in [-0.25, -0.2) is 4.79 Å². The second kappa shape index (κ2) is 10.0. The van der Waals surface area contributed by atoms with Crippen molar-refractivity contribution < 1.29 is 9.59 Å². The second-order valence-corrected chi connectivity index (χ2v) is 8.94. The molecule has 4 heterocycles. The van der Waals surface area contributed by atoms with Gasteiger partial charge in [0.05, 0.1) is 5.39 Å². The Labute approximate surface area is 203 Å². The molecule has 1 atom stereocenters. The quantitative estimate of drug-likeness (QED) is 0.402. The third-order valence-corrected chi connectivity index (χ3v) is 6.43. The highest BCUT2D eigenvalue weighted by Crippen LogP contribution is 2.26. The molecule has 35 heavy (non-hydrogen) atoms. The Kier molecular flexibility index (Phi) is 6.51. The maximum atomic E-state index is 12.4. The second-order valence-electron chi connectivity index (χ2n) is 8.94. The minimum atomic E-state index is -0.0772.